The zero-order valence-electron chi connectivity index (χ0n) is 10.9. The minimum atomic E-state index is -0.203. The van der Waals surface area contributed by atoms with Crippen LogP contribution >= 0.6 is 0 Å². The summed E-state index contributed by atoms with van der Waals surface area (Å²) in [7, 11) is 0. The molecule has 2 aliphatic rings. The molecule has 2 fully saturated rings. The molecule has 3 rings (SSSR count). The summed E-state index contributed by atoms with van der Waals surface area (Å²) < 4.78 is 0. The van der Waals surface area contributed by atoms with Crippen molar-refractivity contribution in [2.45, 2.75) is 31.8 Å². The highest BCUT2D eigenvalue weighted by atomic mass is 16.2. The quantitative estimate of drug-likeness (QED) is 0.831. The van der Waals surface area contributed by atoms with Crippen LogP contribution in [-0.2, 0) is 9.59 Å². The van der Waals surface area contributed by atoms with Gasteiger partial charge in [0.25, 0.3) is 0 Å². The molecule has 0 aromatic heterocycles. The van der Waals surface area contributed by atoms with E-state index in [2.05, 4.69) is 0 Å². The maximum atomic E-state index is 12.0. The first-order valence-electron chi connectivity index (χ1n) is 6.91. The number of hydrogen-bond acceptors (Lipinski definition) is 2. The SMILES string of the molecule is O=C1CCCN1C(c1ccccc1)N1CCCC1=O. The van der Waals surface area contributed by atoms with Crippen molar-refractivity contribution < 1.29 is 9.59 Å². The van der Waals surface area contributed by atoms with Crippen molar-refractivity contribution >= 4 is 11.8 Å². The van der Waals surface area contributed by atoms with Gasteiger partial charge in [-0.05, 0) is 18.4 Å². The number of amides is 2. The summed E-state index contributed by atoms with van der Waals surface area (Å²) in [6.45, 7) is 1.50. The standard InChI is InChI=1S/C15H18N2O2/c18-13-8-4-10-16(13)15(12-6-2-1-3-7-12)17-11-5-9-14(17)19/h1-3,6-7,15H,4-5,8-11H2. The van der Waals surface area contributed by atoms with Gasteiger partial charge in [-0.25, -0.2) is 0 Å². The third kappa shape index (κ3) is 2.23. The fourth-order valence-corrected chi connectivity index (χ4v) is 3.01. The van der Waals surface area contributed by atoms with Gasteiger partial charge in [0, 0.05) is 25.9 Å². The average Bonchev–Trinajstić information content (AvgIpc) is 3.02. The molecule has 1 aromatic carbocycles. The highest BCUT2D eigenvalue weighted by Gasteiger charge is 2.37. The molecule has 0 radical (unpaired) electrons. The van der Waals surface area contributed by atoms with Crippen LogP contribution < -0.4 is 0 Å². The third-order valence-corrected chi connectivity index (χ3v) is 3.91. The van der Waals surface area contributed by atoms with Crippen LogP contribution in [0.15, 0.2) is 30.3 Å². The van der Waals surface area contributed by atoms with Crippen molar-refractivity contribution in [1.82, 2.24) is 9.80 Å². The van der Waals surface area contributed by atoms with Crippen molar-refractivity contribution in [3.05, 3.63) is 35.9 Å². The van der Waals surface area contributed by atoms with Gasteiger partial charge >= 0.3 is 0 Å². The van der Waals surface area contributed by atoms with Crippen LogP contribution in [0.3, 0.4) is 0 Å². The zero-order chi connectivity index (χ0) is 13.2. The first kappa shape index (κ1) is 12.2. The highest BCUT2D eigenvalue weighted by Crippen LogP contribution is 2.32. The number of benzene rings is 1. The summed E-state index contributed by atoms with van der Waals surface area (Å²) in [5.74, 6) is 0.321. The monoisotopic (exact) mass is 258 g/mol. The van der Waals surface area contributed by atoms with E-state index in [9.17, 15) is 9.59 Å². The molecule has 2 aliphatic heterocycles. The summed E-state index contributed by atoms with van der Waals surface area (Å²) >= 11 is 0. The zero-order valence-corrected chi connectivity index (χ0v) is 10.9. The maximum absolute atomic E-state index is 12.0. The minimum Gasteiger partial charge on any atom is -0.318 e. The Bertz CT molecular complexity index is 460. The van der Waals surface area contributed by atoms with E-state index in [-0.39, 0.29) is 18.0 Å². The fraction of sp³-hybridized carbons (Fsp3) is 0.467. The van der Waals surface area contributed by atoms with E-state index >= 15 is 0 Å². The van der Waals surface area contributed by atoms with Crippen molar-refractivity contribution in [2.24, 2.45) is 0 Å². The van der Waals surface area contributed by atoms with Gasteiger partial charge in [-0.1, -0.05) is 30.3 Å². The van der Waals surface area contributed by atoms with E-state index in [1.54, 1.807) is 0 Å². The Morgan fingerprint density at radius 2 is 1.37 bits per heavy atom. The number of carbonyl (C=O) groups is 2. The van der Waals surface area contributed by atoms with Gasteiger partial charge in [0.05, 0.1) is 0 Å². The summed E-state index contributed by atoms with van der Waals surface area (Å²) in [6, 6.07) is 9.88. The van der Waals surface area contributed by atoms with E-state index < -0.39 is 0 Å². The Hall–Kier alpha value is -1.84. The Morgan fingerprint density at radius 1 is 0.842 bits per heavy atom. The lowest BCUT2D eigenvalue weighted by atomic mass is 10.1. The second-order valence-electron chi connectivity index (χ2n) is 5.17. The summed E-state index contributed by atoms with van der Waals surface area (Å²) in [5.41, 5.74) is 1.04. The lowest BCUT2D eigenvalue weighted by molar-refractivity contribution is -0.140. The summed E-state index contributed by atoms with van der Waals surface area (Å²) in [4.78, 5) is 27.8. The highest BCUT2D eigenvalue weighted by molar-refractivity contribution is 5.81. The smallest absolute Gasteiger partial charge is 0.224 e. The van der Waals surface area contributed by atoms with Crippen LogP contribution in [-0.4, -0.2) is 34.7 Å². The largest absolute Gasteiger partial charge is 0.318 e. The Kier molecular flexibility index (Phi) is 3.23. The predicted molar refractivity (Wildman–Crippen MR) is 71.1 cm³/mol. The van der Waals surface area contributed by atoms with E-state index in [4.69, 9.17) is 0 Å². The Morgan fingerprint density at radius 3 is 1.79 bits per heavy atom. The first-order chi connectivity index (χ1) is 9.27. The lowest BCUT2D eigenvalue weighted by Gasteiger charge is -2.35. The molecular weight excluding hydrogens is 240 g/mol. The molecule has 4 nitrogen and oxygen atoms in total. The minimum absolute atomic E-state index is 0.161. The van der Waals surface area contributed by atoms with Gasteiger partial charge in [-0.3, -0.25) is 9.59 Å². The molecule has 0 atom stereocenters. The van der Waals surface area contributed by atoms with Gasteiger partial charge in [0.1, 0.15) is 6.17 Å². The van der Waals surface area contributed by atoms with E-state index in [1.165, 1.54) is 0 Å². The van der Waals surface area contributed by atoms with Crippen LogP contribution in [0.1, 0.15) is 37.4 Å². The molecule has 0 saturated carbocycles. The number of likely N-dealkylation sites (tertiary alicyclic amines) is 2. The maximum Gasteiger partial charge on any atom is 0.224 e. The van der Waals surface area contributed by atoms with Gasteiger partial charge in [-0.2, -0.15) is 0 Å². The third-order valence-electron chi connectivity index (χ3n) is 3.91. The molecule has 2 saturated heterocycles. The van der Waals surface area contributed by atoms with Gasteiger partial charge in [-0.15, -0.1) is 0 Å². The van der Waals surface area contributed by atoms with E-state index in [0.29, 0.717) is 12.8 Å². The number of nitrogens with zero attached hydrogens (tertiary/aromatic N) is 2. The molecule has 1 aromatic rings. The molecule has 0 N–H and O–H groups in total. The topological polar surface area (TPSA) is 40.6 Å². The lowest BCUT2D eigenvalue weighted by Crippen LogP contribution is -2.42. The Balaban J connectivity index is 1.95. The first-order valence-corrected chi connectivity index (χ1v) is 6.91. The van der Waals surface area contributed by atoms with Crippen LogP contribution in [0.4, 0.5) is 0 Å². The molecule has 0 spiro atoms. The second kappa shape index (κ2) is 5.03. The molecule has 0 aliphatic carbocycles. The molecule has 0 unspecified atom stereocenters. The second-order valence-corrected chi connectivity index (χ2v) is 5.17. The van der Waals surface area contributed by atoms with Crippen molar-refractivity contribution in [1.29, 1.82) is 0 Å². The van der Waals surface area contributed by atoms with Crippen LogP contribution in [0.25, 0.3) is 0 Å². The van der Waals surface area contributed by atoms with Crippen LogP contribution in [0.2, 0.25) is 0 Å². The predicted octanol–water partition coefficient (Wildman–Crippen LogP) is 1.93. The van der Waals surface area contributed by atoms with Crippen molar-refractivity contribution in [3.63, 3.8) is 0 Å². The Labute approximate surface area is 113 Å². The molecule has 0 bridgehead atoms. The van der Waals surface area contributed by atoms with Crippen molar-refractivity contribution in [2.75, 3.05) is 13.1 Å². The summed E-state index contributed by atoms with van der Waals surface area (Å²) in [6.07, 6.45) is 2.79. The molecule has 2 amide bonds. The van der Waals surface area contributed by atoms with E-state index in [1.807, 2.05) is 40.1 Å². The molecule has 100 valence electrons. The normalized spacial score (nSPS) is 19.8. The number of carbonyl (C=O) groups excluding carboxylic acids is 2. The summed E-state index contributed by atoms with van der Waals surface area (Å²) in [5, 5.41) is 0. The average molecular weight is 258 g/mol. The molecule has 4 heteroatoms. The van der Waals surface area contributed by atoms with Crippen molar-refractivity contribution in [3.8, 4) is 0 Å². The van der Waals surface area contributed by atoms with Gasteiger partial charge < -0.3 is 9.80 Å². The van der Waals surface area contributed by atoms with Gasteiger partial charge in [0.15, 0.2) is 0 Å². The number of hydrogen-bond donors (Lipinski definition) is 0. The van der Waals surface area contributed by atoms with E-state index in [0.717, 1.165) is 31.5 Å². The molecule has 2 heterocycles. The van der Waals surface area contributed by atoms with Crippen LogP contribution in [0.5, 0.6) is 0 Å². The van der Waals surface area contributed by atoms with Crippen LogP contribution in [0, 0.1) is 0 Å². The number of rotatable bonds is 3. The molecular formula is C15H18N2O2. The van der Waals surface area contributed by atoms with Gasteiger partial charge in [0.2, 0.25) is 11.8 Å². The molecule has 19 heavy (non-hydrogen) atoms. The fourth-order valence-electron chi connectivity index (χ4n) is 3.01.